The molecule has 0 unspecified atom stereocenters. The second kappa shape index (κ2) is 4.65. The second-order valence-electron chi connectivity index (χ2n) is 4.37. The first-order valence-electron chi connectivity index (χ1n) is 6.02. The van der Waals surface area contributed by atoms with E-state index >= 15 is 0 Å². The van der Waals surface area contributed by atoms with Gasteiger partial charge in [-0.15, -0.1) is 0 Å². The Hall–Kier alpha value is -2.89. The summed E-state index contributed by atoms with van der Waals surface area (Å²) in [5.74, 6) is -1.03. The quantitative estimate of drug-likeness (QED) is 0.788. The summed E-state index contributed by atoms with van der Waals surface area (Å²) in [5, 5.41) is 17.3. The smallest absolute Gasteiger partial charge is 0.357 e. The molecule has 3 aromatic rings. The van der Waals surface area contributed by atoms with Crippen molar-refractivity contribution in [2.75, 3.05) is 0 Å². The van der Waals surface area contributed by atoms with Crippen LogP contribution in [-0.4, -0.2) is 30.6 Å². The Morgan fingerprint density at radius 2 is 2.00 bits per heavy atom. The van der Waals surface area contributed by atoms with Crippen LogP contribution in [0.25, 0.3) is 16.8 Å². The molecule has 0 saturated heterocycles. The minimum Gasteiger partial charge on any atom is -0.476 e. The van der Waals surface area contributed by atoms with Gasteiger partial charge in [-0.1, -0.05) is 12.1 Å². The molecule has 100 valence electrons. The van der Waals surface area contributed by atoms with Gasteiger partial charge in [0.1, 0.15) is 0 Å². The Bertz CT molecular complexity index is 742. The SMILES string of the molecule is Cn1cc(-c2ccc(-n3cccn3)cc2)c(C(=O)O)n1. The third-order valence-corrected chi connectivity index (χ3v) is 2.98. The fourth-order valence-corrected chi connectivity index (χ4v) is 2.07. The second-order valence-corrected chi connectivity index (χ2v) is 4.37. The summed E-state index contributed by atoms with van der Waals surface area (Å²) in [7, 11) is 1.70. The van der Waals surface area contributed by atoms with Crippen LogP contribution in [0.5, 0.6) is 0 Å². The normalized spacial score (nSPS) is 10.7. The molecule has 0 fully saturated rings. The zero-order chi connectivity index (χ0) is 14.1. The predicted octanol–water partition coefficient (Wildman–Crippen LogP) is 1.97. The fraction of sp³-hybridized carbons (Fsp3) is 0.0714. The molecule has 0 bridgehead atoms. The highest BCUT2D eigenvalue weighted by molar-refractivity contribution is 5.93. The van der Waals surface area contributed by atoms with E-state index in [2.05, 4.69) is 10.2 Å². The Kier molecular flexibility index (Phi) is 2.83. The first kappa shape index (κ1) is 12.2. The van der Waals surface area contributed by atoms with Gasteiger partial charge in [0.2, 0.25) is 0 Å². The number of carbonyl (C=O) groups is 1. The molecule has 0 spiro atoms. The Morgan fingerprint density at radius 3 is 2.60 bits per heavy atom. The van der Waals surface area contributed by atoms with Crippen molar-refractivity contribution in [3.8, 4) is 16.8 Å². The van der Waals surface area contributed by atoms with Gasteiger partial charge in [0.15, 0.2) is 5.69 Å². The molecule has 1 aromatic carbocycles. The third-order valence-electron chi connectivity index (χ3n) is 2.98. The Morgan fingerprint density at radius 1 is 1.25 bits per heavy atom. The number of aromatic carboxylic acids is 1. The van der Waals surface area contributed by atoms with Crippen molar-refractivity contribution in [3.05, 3.63) is 54.6 Å². The number of aryl methyl sites for hydroxylation is 1. The maximum absolute atomic E-state index is 11.2. The maximum Gasteiger partial charge on any atom is 0.357 e. The molecular formula is C14H12N4O2. The summed E-state index contributed by atoms with van der Waals surface area (Å²) in [5.41, 5.74) is 2.39. The van der Waals surface area contributed by atoms with E-state index in [0.29, 0.717) is 5.56 Å². The number of rotatable bonds is 3. The van der Waals surface area contributed by atoms with Crippen LogP contribution >= 0.6 is 0 Å². The highest BCUT2D eigenvalue weighted by Gasteiger charge is 2.16. The van der Waals surface area contributed by atoms with E-state index < -0.39 is 5.97 Å². The average molecular weight is 268 g/mol. The van der Waals surface area contributed by atoms with Crippen molar-refractivity contribution < 1.29 is 9.90 Å². The van der Waals surface area contributed by atoms with Gasteiger partial charge in [-0.3, -0.25) is 4.68 Å². The standard InChI is InChI=1S/C14H12N4O2/c1-17-9-12(13(16-17)14(19)20)10-3-5-11(6-4-10)18-8-2-7-15-18/h2-9H,1H3,(H,19,20). The molecule has 6 heteroatoms. The van der Waals surface area contributed by atoms with Crippen LogP contribution in [-0.2, 0) is 7.05 Å². The molecule has 0 aliphatic carbocycles. The van der Waals surface area contributed by atoms with Crippen LogP contribution in [0.15, 0.2) is 48.9 Å². The number of nitrogens with zero attached hydrogens (tertiary/aromatic N) is 4. The topological polar surface area (TPSA) is 72.9 Å². The summed E-state index contributed by atoms with van der Waals surface area (Å²) >= 11 is 0. The first-order valence-corrected chi connectivity index (χ1v) is 6.02. The number of benzene rings is 1. The molecule has 20 heavy (non-hydrogen) atoms. The van der Waals surface area contributed by atoms with E-state index in [1.54, 1.807) is 24.1 Å². The van der Waals surface area contributed by atoms with Gasteiger partial charge in [-0.25, -0.2) is 9.48 Å². The zero-order valence-electron chi connectivity index (χ0n) is 10.8. The lowest BCUT2D eigenvalue weighted by Gasteiger charge is -2.03. The minimum absolute atomic E-state index is 0.0549. The first-order chi connectivity index (χ1) is 9.65. The van der Waals surface area contributed by atoms with Gasteiger partial charge in [-0.05, 0) is 23.8 Å². The van der Waals surface area contributed by atoms with E-state index in [-0.39, 0.29) is 5.69 Å². The van der Waals surface area contributed by atoms with Crippen molar-refractivity contribution in [2.45, 2.75) is 0 Å². The molecule has 1 N–H and O–H groups in total. The van der Waals surface area contributed by atoms with E-state index in [9.17, 15) is 4.79 Å². The van der Waals surface area contributed by atoms with Gasteiger partial charge in [-0.2, -0.15) is 10.2 Å². The zero-order valence-corrected chi connectivity index (χ0v) is 10.8. The Balaban J connectivity index is 2.01. The number of hydrogen-bond donors (Lipinski definition) is 1. The highest BCUT2D eigenvalue weighted by atomic mass is 16.4. The van der Waals surface area contributed by atoms with Gasteiger partial charge in [0.25, 0.3) is 0 Å². The predicted molar refractivity (Wildman–Crippen MR) is 72.7 cm³/mol. The third kappa shape index (κ3) is 2.07. The van der Waals surface area contributed by atoms with Gasteiger partial charge < -0.3 is 5.11 Å². The summed E-state index contributed by atoms with van der Waals surface area (Å²) < 4.78 is 3.24. The lowest BCUT2D eigenvalue weighted by Crippen LogP contribution is -2.00. The lowest BCUT2D eigenvalue weighted by molar-refractivity contribution is 0.0690. The van der Waals surface area contributed by atoms with Crippen molar-refractivity contribution in [1.82, 2.24) is 19.6 Å². The van der Waals surface area contributed by atoms with Crippen molar-refractivity contribution >= 4 is 5.97 Å². The summed E-state index contributed by atoms with van der Waals surface area (Å²) in [6.07, 6.45) is 5.26. The van der Waals surface area contributed by atoms with Gasteiger partial charge in [0.05, 0.1) is 5.69 Å². The molecule has 2 heterocycles. The Labute approximate surface area is 114 Å². The minimum atomic E-state index is -1.03. The van der Waals surface area contributed by atoms with E-state index in [1.165, 1.54) is 4.68 Å². The van der Waals surface area contributed by atoms with Crippen LogP contribution in [0.2, 0.25) is 0 Å². The number of aromatic nitrogens is 4. The van der Waals surface area contributed by atoms with E-state index in [0.717, 1.165) is 11.3 Å². The molecule has 2 aromatic heterocycles. The molecule has 0 atom stereocenters. The van der Waals surface area contributed by atoms with Crippen molar-refractivity contribution in [3.63, 3.8) is 0 Å². The molecule has 0 amide bonds. The molecule has 0 saturated carbocycles. The molecule has 6 nitrogen and oxygen atoms in total. The highest BCUT2D eigenvalue weighted by Crippen LogP contribution is 2.24. The number of hydrogen-bond acceptors (Lipinski definition) is 3. The number of carboxylic acid groups (broad SMARTS) is 1. The average Bonchev–Trinajstić information content (AvgIpc) is 3.08. The summed E-state index contributed by atoms with van der Waals surface area (Å²) in [6, 6.07) is 9.35. The largest absolute Gasteiger partial charge is 0.476 e. The summed E-state index contributed by atoms with van der Waals surface area (Å²) in [4.78, 5) is 11.2. The van der Waals surface area contributed by atoms with Gasteiger partial charge >= 0.3 is 5.97 Å². The van der Waals surface area contributed by atoms with Crippen LogP contribution in [0.3, 0.4) is 0 Å². The lowest BCUT2D eigenvalue weighted by atomic mass is 10.1. The van der Waals surface area contributed by atoms with Crippen LogP contribution in [0, 0.1) is 0 Å². The monoisotopic (exact) mass is 268 g/mol. The van der Waals surface area contributed by atoms with E-state index in [1.807, 2.05) is 36.5 Å². The maximum atomic E-state index is 11.2. The van der Waals surface area contributed by atoms with Crippen LogP contribution in [0.4, 0.5) is 0 Å². The molecular weight excluding hydrogens is 256 g/mol. The van der Waals surface area contributed by atoms with Crippen LogP contribution in [0.1, 0.15) is 10.5 Å². The molecule has 0 radical (unpaired) electrons. The fourth-order valence-electron chi connectivity index (χ4n) is 2.07. The van der Waals surface area contributed by atoms with Crippen molar-refractivity contribution in [2.24, 2.45) is 7.05 Å². The molecule has 0 aliphatic rings. The van der Waals surface area contributed by atoms with E-state index in [4.69, 9.17) is 5.11 Å². The molecule has 0 aliphatic heterocycles. The summed E-state index contributed by atoms with van der Waals surface area (Å²) in [6.45, 7) is 0. The number of carboxylic acids is 1. The van der Waals surface area contributed by atoms with Crippen molar-refractivity contribution in [1.29, 1.82) is 0 Å². The molecule has 3 rings (SSSR count). The van der Waals surface area contributed by atoms with Gasteiger partial charge in [0, 0.05) is 31.2 Å². The van der Waals surface area contributed by atoms with Crippen LogP contribution < -0.4 is 0 Å².